The molecule has 0 radical (unpaired) electrons. The van der Waals surface area contributed by atoms with Crippen molar-refractivity contribution in [2.24, 2.45) is 5.73 Å². The molecule has 0 spiro atoms. The first kappa shape index (κ1) is 13.1. The van der Waals surface area contributed by atoms with E-state index >= 15 is 0 Å². The maximum Gasteiger partial charge on any atom is 0.328 e. The van der Waals surface area contributed by atoms with Crippen LogP contribution in [-0.4, -0.2) is 32.1 Å². The van der Waals surface area contributed by atoms with Gasteiger partial charge in [-0.05, 0) is 0 Å². The van der Waals surface area contributed by atoms with Gasteiger partial charge in [-0.1, -0.05) is 0 Å². The zero-order valence-electron chi connectivity index (χ0n) is 7.64. The Kier molecular flexibility index (Phi) is 4.42. The summed E-state index contributed by atoms with van der Waals surface area (Å²) in [7, 11) is 0. The maximum atomic E-state index is 11.1. The highest BCUT2D eigenvalue weighted by atomic mass is 16.4. The molecular weight excluding hydrogens is 206 g/mol. The Labute approximate surface area is 83.3 Å². The number of aromatic amines is 1. The molecule has 0 aliphatic carbocycles. The minimum absolute atomic E-state index is 0. The standard InChI is InChI=1S/C7H9N3O4.H2O/c8-4(6(12)13)3-10-2-1-5(11)9-7(10)14;/h1-2,4H,3,8H2,(H,12,13)(H,9,11,14);1H2. The first-order chi connectivity index (χ1) is 6.50. The van der Waals surface area contributed by atoms with E-state index in [2.05, 4.69) is 0 Å². The number of H-pyrrole nitrogens is 1. The summed E-state index contributed by atoms with van der Waals surface area (Å²) in [4.78, 5) is 34.1. The molecule has 8 nitrogen and oxygen atoms in total. The Morgan fingerprint density at radius 1 is 1.60 bits per heavy atom. The van der Waals surface area contributed by atoms with Gasteiger partial charge >= 0.3 is 11.7 Å². The zero-order valence-corrected chi connectivity index (χ0v) is 7.64. The number of carboxylic acid groups (broad SMARTS) is 1. The Morgan fingerprint density at radius 3 is 2.67 bits per heavy atom. The predicted molar refractivity (Wildman–Crippen MR) is 50.5 cm³/mol. The van der Waals surface area contributed by atoms with Crippen LogP contribution in [-0.2, 0) is 11.3 Å². The Balaban J connectivity index is 0.00000196. The summed E-state index contributed by atoms with van der Waals surface area (Å²) in [5, 5.41) is 8.48. The van der Waals surface area contributed by atoms with E-state index in [1.807, 2.05) is 4.98 Å². The third kappa shape index (κ3) is 3.37. The molecule has 0 aliphatic heterocycles. The van der Waals surface area contributed by atoms with Crippen molar-refractivity contribution in [2.75, 3.05) is 0 Å². The van der Waals surface area contributed by atoms with E-state index in [9.17, 15) is 14.4 Å². The minimum atomic E-state index is -1.21. The summed E-state index contributed by atoms with van der Waals surface area (Å²) in [5.74, 6) is -1.21. The largest absolute Gasteiger partial charge is 0.480 e. The lowest BCUT2D eigenvalue weighted by molar-refractivity contribution is -0.138. The van der Waals surface area contributed by atoms with Crippen LogP contribution in [0.5, 0.6) is 0 Å². The van der Waals surface area contributed by atoms with Gasteiger partial charge in [0.25, 0.3) is 5.56 Å². The van der Waals surface area contributed by atoms with Crippen LogP contribution in [0.25, 0.3) is 0 Å². The van der Waals surface area contributed by atoms with Crippen molar-refractivity contribution >= 4 is 5.97 Å². The van der Waals surface area contributed by atoms with E-state index in [4.69, 9.17) is 10.8 Å². The van der Waals surface area contributed by atoms with Gasteiger partial charge in [0.05, 0.1) is 6.54 Å². The second kappa shape index (κ2) is 5.08. The molecule has 0 aromatic carbocycles. The molecule has 8 heteroatoms. The molecule has 0 saturated carbocycles. The topological polar surface area (TPSA) is 150 Å². The van der Waals surface area contributed by atoms with E-state index in [0.717, 1.165) is 10.6 Å². The van der Waals surface area contributed by atoms with E-state index in [1.54, 1.807) is 0 Å². The SMILES string of the molecule is NC(Cn1ccc(=O)[nH]c1=O)C(=O)O.O. The van der Waals surface area contributed by atoms with Crippen LogP contribution < -0.4 is 17.0 Å². The number of hydrogen-bond acceptors (Lipinski definition) is 4. The van der Waals surface area contributed by atoms with Gasteiger partial charge in [-0.25, -0.2) is 4.79 Å². The fourth-order valence-corrected chi connectivity index (χ4v) is 0.878. The molecule has 0 amide bonds. The van der Waals surface area contributed by atoms with Crippen LogP contribution in [0, 0.1) is 0 Å². The van der Waals surface area contributed by atoms with Crippen LogP contribution in [0.15, 0.2) is 21.9 Å². The van der Waals surface area contributed by atoms with Crippen molar-refractivity contribution in [1.29, 1.82) is 0 Å². The van der Waals surface area contributed by atoms with Gasteiger partial charge in [0.15, 0.2) is 0 Å². The molecule has 0 fully saturated rings. The van der Waals surface area contributed by atoms with Crippen molar-refractivity contribution in [1.82, 2.24) is 9.55 Å². The number of carbonyl (C=O) groups is 1. The van der Waals surface area contributed by atoms with Crippen molar-refractivity contribution < 1.29 is 15.4 Å². The number of nitrogens with zero attached hydrogens (tertiary/aromatic N) is 1. The average molecular weight is 217 g/mol. The number of hydrogen-bond donors (Lipinski definition) is 3. The summed E-state index contributed by atoms with van der Waals surface area (Å²) >= 11 is 0. The monoisotopic (exact) mass is 217 g/mol. The van der Waals surface area contributed by atoms with Crippen LogP contribution in [0.1, 0.15) is 0 Å². The van der Waals surface area contributed by atoms with Gasteiger partial charge in [0.2, 0.25) is 0 Å². The van der Waals surface area contributed by atoms with Gasteiger partial charge in [0.1, 0.15) is 6.04 Å². The number of nitrogens with two attached hydrogens (primary N) is 1. The average Bonchev–Trinajstić information content (AvgIpc) is 2.09. The lowest BCUT2D eigenvalue weighted by atomic mass is 10.3. The van der Waals surface area contributed by atoms with Crippen molar-refractivity contribution in [3.63, 3.8) is 0 Å². The smallest absolute Gasteiger partial charge is 0.328 e. The molecular formula is C7H11N3O5. The van der Waals surface area contributed by atoms with Crippen LogP contribution in [0.4, 0.5) is 0 Å². The third-order valence-corrected chi connectivity index (χ3v) is 1.61. The number of aliphatic carboxylic acids is 1. The second-order valence-corrected chi connectivity index (χ2v) is 2.71. The Morgan fingerprint density at radius 2 is 2.20 bits per heavy atom. The first-order valence-corrected chi connectivity index (χ1v) is 3.79. The number of rotatable bonds is 3. The van der Waals surface area contributed by atoms with E-state index in [0.29, 0.717) is 0 Å². The van der Waals surface area contributed by atoms with Crippen molar-refractivity contribution in [3.05, 3.63) is 33.1 Å². The van der Waals surface area contributed by atoms with Crippen LogP contribution >= 0.6 is 0 Å². The first-order valence-electron chi connectivity index (χ1n) is 3.79. The van der Waals surface area contributed by atoms with E-state index in [1.165, 1.54) is 6.20 Å². The third-order valence-electron chi connectivity index (χ3n) is 1.61. The quantitative estimate of drug-likeness (QED) is 0.497. The molecule has 1 unspecified atom stereocenters. The van der Waals surface area contributed by atoms with Crippen LogP contribution in [0.3, 0.4) is 0 Å². The van der Waals surface area contributed by atoms with Gasteiger partial charge in [0, 0.05) is 12.3 Å². The number of aromatic nitrogens is 2. The summed E-state index contributed by atoms with van der Waals surface area (Å²) in [5.41, 5.74) is 4.00. The summed E-state index contributed by atoms with van der Waals surface area (Å²) in [6, 6.07) is -0.0470. The lowest BCUT2D eigenvalue weighted by Gasteiger charge is -2.07. The minimum Gasteiger partial charge on any atom is -0.480 e. The molecule has 84 valence electrons. The Hall–Kier alpha value is -1.93. The second-order valence-electron chi connectivity index (χ2n) is 2.71. The summed E-state index contributed by atoms with van der Waals surface area (Å²) in [6.07, 6.45) is 1.20. The maximum absolute atomic E-state index is 11.1. The number of nitrogens with one attached hydrogen (secondary N) is 1. The highest BCUT2D eigenvalue weighted by molar-refractivity contribution is 5.72. The van der Waals surface area contributed by atoms with Crippen molar-refractivity contribution in [3.8, 4) is 0 Å². The fraction of sp³-hybridized carbons (Fsp3) is 0.286. The van der Waals surface area contributed by atoms with Crippen LogP contribution in [0.2, 0.25) is 0 Å². The lowest BCUT2D eigenvalue weighted by Crippen LogP contribution is -2.39. The van der Waals surface area contributed by atoms with Gasteiger partial charge in [-0.2, -0.15) is 0 Å². The molecule has 0 bridgehead atoms. The normalized spacial score (nSPS) is 11.5. The molecule has 6 N–H and O–H groups in total. The zero-order chi connectivity index (χ0) is 10.7. The molecule has 1 heterocycles. The molecule has 1 aromatic heterocycles. The van der Waals surface area contributed by atoms with Gasteiger partial charge in [-0.15, -0.1) is 0 Å². The molecule has 15 heavy (non-hydrogen) atoms. The Bertz CT molecular complexity index is 448. The molecule has 1 atom stereocenters. The molecule has 0 aliphatic rings. The van der Waals surface area contributed by atoms with E-state index in [-0.39, 0.29) is 12.0 Å². The fourth-order valence-electron chi connectivity index (χ4n) is 0.878. The van der Waals surface area contributed by atoms with Gasteiger partial charge in [-0.3, -0.25) is 19.1 Å². The number of carboxylic acids is 1. The van der Waals surface area contributed by atoms with Gasteiger partial charge < -0.3 is 16.3 Å². The summed E-state index contributed by atoms with van der Waals surface area (Å²) < 4.78 is 1.03. The highest BCUT2D eigenvalue weighted by Gasteiger charge is 2.12. The van der Waals surface area contributed by atoms with E-state index < -0.39 is 23.3 Å². The van der Waals surface area contributed by atoms with Crippen molar-refractivity contribution in [2.45, 2.75) is 12.6 Å². The summed E-state index contributed by atoms with van der Waals surface area (Å²) in [6.45, 7) is -0.176. The predicted octanol–water partition coefficient (Wildman–Crippen LogP) is -2.88. The highest BCUT2D eigenvalue weighted by Crippen LogP contribution is 1.83. The molecule has 0 saturated heterocycles. The molecule has 1 rings (SSSR count). The molecule has 1 aromatic rings.